The number of benzene rings is 1. The molecule has 0 bridgehead atoms. The minimum Gasteiger partial charge on any atom is -0.454 e. The van der Waals surface area contributed by atoms with Gasteiger partial charge in [-0.3, -0.25) is 14.6 Å². The first-order valence-electron chi connectivity index (χ1n) is 8.28. The molecule has 0 spiro atoms. The number of hydrogen-bond donors (Lipinski definition) is 4. The Labute approximate surface area is 150 Å². The molecule has 0 saturated carbocycles. The normalized spacial score (nSPS) is 16.6. The molecule has 1 atom stereocenters. The van der Waals surface area contributed by atoms with Crippen LogP contribution in [-0.4, -0.2) is 31.4 Å². The number of amides is 2. The van der Waals surface area contributed by atoms with E-state index in [0.29, 0.717) is 31.2 Å². The quantitative estimate of drug-likeness (QED) is 0.474. The zero-order valence-corrected chi connectivity index (χ0v) is 14.4. The lowest BCUT2D eigenvalue weighted by molar-refractivity contribution is -0.116. The summed E-state index contributed by atoms with van der Waals surface area (Å²) in [6, 6.07) is 11.0. The van der Waals surface area contributed by atoms with Gasteiger partial charge >= 0.3 is 0 Å². The SMILES string of the molecule is CN=C(NCc1ccc(C(N)=O)o1)NCC1CC(=O)Nc2ccccc21. The lowest BCUT2D eigenvalue weighted by Crippen LogP contribution is -2.40. The zero-order valence-electron chi connectivity index (χ0n) is 14.4. The Morgan fingerprint density at radius 2 is 2.12 bits per heavy atom. The summed E-state index contributed by atoms with van der Waals surface area (Å²) in [4.78, 5) is 27.1. The maximum atomic E-state index is 11.9. The van der Waals surface area contributed by atoms with E-state index >= 15 is 0 Å². The third kappa shape index (κ3) is 4.02. The fourth-order valence-corrected chi connectivity index (χ4v) is 2.90. The van der Waals surface area contributed by atoms with E-state index in [1.807, 2.05) is 24.3 Å². The van der Waals surface area contributed by atoms with E-state index in [9.17, 15) is 9.59 Å². The van der Waals surface area contributed by atoms with Crippen LogP contribution in [0, 0.1) is 0 Å². The molecule has 8 nitrogen and oxygen atoms in total. The van der Waals surface area contributed by atoms with E-state index in [0.717, 1.165) is 11.3 Å². The Hall–Kier alpha value is -3.29. The molecule has 1 aromatic heterocycles. The van der Waals surface area contributed by atoms with Crippen LogP contribution in [0.4, 0.5) is 5.69 Å². The molecule has 136 valence electrons. The van der Waals surface area contributed by atoms with Crippen LogP contribution in [0.2, 0.25) is 0 Å². The van der Waals surface area contributed by atoms with Crippen molar-refractivity contribution in [2.24, 2.45) is 10.7 Å². The van der Waals surface area contributed by atoms with E-state index in [1.54, 1.807) is 13.1 Å². The van der Waals surface area contributed by atoms with Gasteiger partial charge in [0.25, 0.3) is 5.91 Å². The Bertz CT molecular complexity index is 843. The van der Waals surface area contributed by atoms with Crippen LogP contribution in [0.3, 0.4) is 0 Å². The van der Waals surface area contributed by atoms with Gasteiger partial charge in [0.05, 0.1) is 6.54 Å². The van der Waals surface area contributed by atoms with Crippen LogP contribution >= 0.6 is 0 Å². The van der Waals surface area contributed by atoms with Crippen molar-refractivity contribution in [1.82, 2.24) is 10.6 Å². The van der Waals surface area contributed by atoms with Crippen molar-refractivity contribution in [1.29, 1.82) is 0 Å². The van der Waals surface area contributed by atoms with Gasteiger partial charge in [-0.05, 0) is 23.8 Å². The Morgan fingerprint density at radius 3 is 2.85 bits per heavy atom. The summed E-state index contributed by atoms with van der Waals surface area (Å²) in [7, 11) is 1.66. The molecule has 3 rings (SSSR count). The number of guanidine groups is 1. The first kappa shape index (κ1) is 17.5. The predicted molar refractivity (Wildman–Crippen MR) is 97.9 cm³/mol. The Kier molecular flexibility index (Phi) is 5.21. The molecule has 0 aliphatic carbocycles. The van der Waals surface area contributed by atoms with E-state index in [-0.39, 0.29) is 17.6 Å². The Balaban J connectivity index is 1.57. The van der Waals surface area contributed by atoms with Crippen molar-refractivity contribution in [3.8, 4) is 0 Å². The highest BCUT2D eigenvalue weighted by Crippen LogP contribution is 2.31. The fraction of sp³-hybridized carbons (Fsp3) is 0.278. The highest BCUT2D eigenvalue weighted by Gasteiger charge is 2.24. The van der Waals surface area contributed by atoms with Gasteiger partial charge in [0, 0.05) is 31.6 Å². The molecular weight excluding hydrogens is 334 g/mol. The average Bonchev–Trinajstić information content (AvgIpc) is 3.11. The molecule has 0 fully saturated rings. The summed E-state index contributed by atoms with van der Waals surface area (Å²) < 4.78 is 5.32. The number of primary amides is 1. The van der Waals surface area contributed by atoms with Crippen LogP contribution in [0.15, 0.2) is 45.8 Å². The van der Waals surface area contributed by atoms with Gasteiger partial charge in [0.1, 0.15) is 5.76 Å². The van der Waals surface area contributed by atoms with Crippen molar-refractivity contribution in [2.75, 3.05) is 18.9 Å². The monoisotopic (exact) mass is 355 g/mol. The van der Waals surface area contributed by atoms with Crippen molar-refractivity contribution in [2.45, 2.75) is 18.9 Å². The van der Waals surface area contributed by atoms with Gasteiger partial charge in [-0.15, -0.1) is 0 Å². The van der Waals surface area contributed by atoms with Crippen molar-refractivity contribution in [3.05, 3.63) is 53.5 Å². The van der Waals surface area contributed by atoms with E-state index in [2.05, 4.69) is 20.9 Å². The molecule has 1 aliphatic heterocycles. The van der Waals surface area contributed by atoms with Gasteiger partial charge in [-0.25, -0.2) is 0 Å². The number of aliphatic imine (C=N–C) groups is 1. The molecular formula is C18H21N5O3. The average molecular weight is 355 g/mol. The number of rotatable bonds is 5. The zero-order chi connectivity index (χ0) is 18.5. The second-order valence-electron chi connectivity index (χ2n) is 5.97. The number of fused-ring (bicyclic) bond motifs is 1. The summed E-state index contributed by atoms with van der Waals surface area (Å²) >= 11 is 0. The molecule has 0 saturated heterocycles. The molecule has 5 N–H and O–H groups in total. The van der Waals surface area contributed by atoms with Gasteiger partial charge < -0.3 is 26.1 Å². The van der Waals surface area contributed by atoms with Crippen molar-refractivity contribution in [3.63, 3.8) is 0 Å². The summed E-state index contributed by atoms with van der Waals surface area (Å²) in [5.74, 6) is 0.730. The van der Waals surface area contributed by atoms with Crippen LogP contribution < -0.4 is 21.7 Å². The number of para-hydroxylation sites is 1. The van der Waals surface area contributed by atoms with Gasteiger partial charge in [-0.2, -0.15) is 0 Å². The highest BCUT2D eigenvalue weighted by atomic mass is 16.3. The molecule has 1 aliphatic rings. The molecule has 0 radical (unpaired) electrons. The number of carbonyl (C=O) groups is 2. The number of nitrogens with zero attached hydrogens (tertiary/aromatic N) is 1. The molecule has 2 amide bonds. The first-order valence-corrected chi connectivity index (χ1v) is 8.28. The number of nitrogens with two attached hydrogens (primary N) is 1. The number of anilines is 1. The maximum Gasteiger partial charge on any atom is 0.284 e. The predicted octanol–water partition coefficient (Wildman–Crippen LogP) is 1.17. The minimum atomic E-state index is -0.604. The summed E-state index contributed by atoms with van der Waals surface area (Å²) in [5, 5.41) is 9.22. The lowest BCUT2D eigenvalue weighted by Gasteiger charge is -2.26. The topological polar surface area (TPSA) is 122 Å². The molecule has 26 heavy (non-hydrogen) atoms. The van der Waals surface area contributed by atoms with E-state index < -0.39 is 5.91 Å². The second kappa shape index (κ2) is 7.73. The van der Waals surface area contributed by atoms with Gasteiger partial charge in [0.15, 0.2) is 11.7 Å². The smallest absolute Gasteiger partial charge is 0.284 e. The third-order valence-corrected chi connectivity index (χ3v) is 4.18. The van der Waals surface area contributed by atoms with Crippen LogP contribution in [0.25, 0.3) is 0 Å². The number of nitrogens with one attached hydrogen (secondary N) is 3. The van der Waals surface area contributed by atoms with Gasteiger partial charge in [0.2, 0.25) is 5.91 Å². The molecule has 8 heteroatoms. The molecule has 2 aromatic rings. The number of hydrogen-bond acceptors (Lipinski definition) is 4. The summed E-state index contributed by atoms with van der Waals surface area (Å²) in [6.07, 6.45) is 0.418. The van der Waals surface area contributed by atoms with Crippen LogP contribution in [0.5, 0.6) is 0 Å². The maximum absolute atomic E-state index is 11.9. The summed E-state index contributed by atoms with van der Waals surface area (Å²) in [5.41, 5.74) is 7.13. The molecule has 1 unspecified atom stereocenters. The van der Waals surface area contributed by atoms with Crippen molar-refractivity contribution >= 4 is 23.5 Å². The largest absolute Gasteiger partial charge is 0.454 e. The number of furan rings is 1. The lowest BCUT2D eigenvalue weighted by atomic mass is 9.90. The van der Waals surface area contributed by atoms with Crippen LogP contribution in [-0.2, 0) is 11.3 Å². The Morgan fingerprint density at radius 1 is 1.31 bits per heavy atom. The highest BCUT2D eigenvalue weighted by molar-refractivity contribution is 5.94. The standard InChI is InChI=1S/C18H21N5O3/c1-20-18(22-10-12-6-7-15(26-12)17(19)25)21-9-11-8-16(24)23-14-5-3-2-4-13(11)14/h2-7,11H,8-10H2,1H3,(H2,19,25)(H,23,24)(H2,20,21,22). The fourth-order valence-electron chi connectivity index (χ4n) is 2.90. The van der Waals surface area contributed by atoms with E-state index in [1.165, 1.54) is 6.07 Å². The minimum absolute atomic E-state index is 0.00742. The van der Waals surface area contributed by atoms with Crippen molar-refractivity contribution < 1.29 is 14.0 Å². The number of carbonyl (C=O) groups excluding carboxylic acids is 2. The third-order valence-electron chi connectivity index (χ3n) is 4.18. The summed E-state index contributed by atoms with van der Waals surface area (Å²) in [6.45, 7) is 0.920. The van der Waals surface area contributed by atoms with Crippen LogP contribution in [0.1, 0.15) is 34.2 Å². The molecule has 2 heterocycles. The second-order valence-corrected chi connectivity index (χ2v) is 5.97. The first-order chi connectivity index (χ1) is 12.6. The molecule has 1 aromatic carbocycles. The van der Waals surface area contributed by atoms with Gasteiger partial charge in [-0.1, -0.05) is 18.2 Å². The van der Waals surface area contributed by atoms with E-state index in [4.69, 9.17) is 10.2 Å².